The van der Waals surface area contributed by atoms with Crippen LogP contribution in [0.5, 0.6) is 5.75 Å². The first-order valence-corrected chi connectivity index (χ1v) is 8.87. The van der Waals surface area contributed by atoms with Gasteiger partial charge in [0, 0.05) is 10.6 Å². The summed E-state index contributed by atoms with van der Waals surface area (Å²) in [6.07, 6.45) is 0. The van der Waals surface area contributed by atoms with Gasteiger partial charge in [0.05, 0.1) is 27.9 Å². The Labute approximate surface area is 172 Å². The molecule has 0 aromatic heterocycles. The van der Waals surface area contributed by atoms with E-state index in [1.54, 1.807) is 18.2 Å². The lowest BCUT2D eigenvalue weighted by Crippen LogP contribution is -2.34. The zero-order valence-electron chi connectivity index (χ0n) is 13.1. The first-order chi connectivity index (χ1) is 12.2. The Morgan fingerprint density at radius 1 is 1.23 bits per heavy atom. The van der Waals surface area contributed by atoms with Crippen molar-refractivity contribution in [1.29, 1.82) is 0 Å². The number of hydrogen-bond donors (Lipinski definition) is 3. The third-order valence-corrected chi connectivity index (χ3v) is 4.51. The molecule has 2 rings (SSSR count). The van der Waals surface area contributed by atoms with E-state index in [1.165, 1.54) is 19.2 Å². The summed E-state index contributed by atoms with van der Waals surface area (Å²) in [5, 5.41) is 14.4. The molecular formula is C16H11BrCl2N2O4S. The molecule has 26 heavy (non-hydrogen) atoms. The summed E-state index contributed by atoms with van der Waals surface area (Å²) in [4.78, 5) is 23.6. The maximum Gasteiger partial charge on any atom is 0.337 e. The van der Waals surface area contributed by atoms with Crippen molar-refractivity contribution in [3.8, 4) is 5.75 Å². The predicted octanol–water partition coefficient (Wildman–Crippen LogP) is 4.59. The smallest absolute Gasteiger partial charge is 0.337 e. The Bertz CT molecular complexity index is 908. The van der Waals surface area contributed by atoms with Crippen molar-refractivity contribution >= 4 is 74.0 Å². The Morgan fingerprint density at radius 2 is 1.92 bits per heavy atom. The van der Waals surface area contributed by atoms with Gasteiger partial charge in [0.25, 0.3) is 5.91 Å². The lowest BCUT2D eigenvalue weighted by atomic mass is 10.2. The van der Waals surface area contributed by atoms with Gasteiger partial charge in [-0.1, -0.05) is 23.2 Å². The highest BCUT2D eigenvalue weighted by molar-refractivity contribution is 9.10. The van der Waals surface area contributed by atoms with E-state index in [9.17, 15) is 14.7 Å². The van der Waals surface area contributed by atoms with Gasteiger partial charge in [-0.3, -0.25) is 10.1 Å². The first-order valence-electron chi connectivity index (χ1n) is 6.91. The minimum Gasteiger partial charge on any atom is -0.496 e. The Balaban J connectivity index is 2.18. The lowest BCUT2D eigenvalue weighted by Gasteiger charge is -2.14. The average molecular weight is 478 g/mol. The Kier molecular flexibility index (Phi) is 6.82. The van der Waals surface area contributed by atoms with E-state index in [0.29, 0.717) is 15.8 Å². The van der Waals surface area contributed by atoms with Crippen LogP contribution < -0.4 is 15.4 Å². The van der Waals surface area contributed by atoms with E-state index >= 15 is 0 Å². The molecule has 10 heteroatoms. The second kappa shape index (κ2) is 8.68. The van der Waals surface area contributed by atoms with Crippen LogP contribution in [0.15, 0.2) is 34.8 Å². The summed E-state index contributed by atoms with van der Waals surface area (Å²) >= 11 is 20.2. The van der Waals surface area contributed by atoms with Gasteiger partial charge < -0.3 is 15.2 Å². The van der Waals surface area contributed by atoms with Gasteiger partial charge in [0.1, 0.15) is 5.75 Å². The number of hydrogen-bond acceptors (Lipinski definition) is 4. The highest BCUT2D eigenvalue weighted by atomic mass is 79.9. The molecule has 2 aromatic rings. The van der Waals surface area contributed by atoms with Crippen molar-refractivity contribution in [2.24, 2.45) is 0 Å². The number of thiocarbonyl (C=S) groups is 1. The van der Waals surface area contributed by atoms with Crippen molar-refractivity contribution in [3.05, 3.63) is 56.0 Å². The highest BCUT2D eigenvalue weighted by Crippen LogP contribution is 2.30. The summed E-state index contributed by atoms with van der Waals surface area (Å²) in [7, 11) is 1.51. The van der Waals surface area contributed by atoms with Crippen LogP contribution in [0.25, 0.3) is 0 Å². The van der Waals surface area contributed by atoms with Gasteiger partial charge in [-0.05, 0) is 58.5 Å². The van der Waals surface area contributed by atoms with Crippen LogP contribution in [0.1, 0.15) is 20.7 Å². The lowest BCUT2D eigenvalue weighted by molar-refractivity contribution is 0.0697. The number of benzene rings is 2. The quantitative estimate of drug-likeness (QED) is 0.558. The van der Waals surface area contributed by atoms with Crippen molar-refractivity contribution in [1.82, 2.24) is 5.32 Å². The van der Waals surface area contributed by atoms with Crippen molar-refractivity contribution in [2.75, 3.05) is 12.4 Å². The van der Waals surface area contributed by atoms with E-state index in [2.05, 4.69) is 26.6 Å². The number of carboxylic acids is 1. The molecule has 0 aliphatic carbocycles. The van der Waals surface area contributed by atoms with Gasteiger partial charge in [-0.15, -0.1) is 0 Å². The van der Waals surface area contributed by atoms with Crippen LogP contribution in [0.3, 0.4) is 0 Å². The largest absolute Gasteiger partial charge is 0.496 e. The molecule has 0 fully saturated rings. The molecule has 0 bridgehead atoms. The number of amides is 1. The second-order valence-electron chi connectivity index (χ2n) is 4.87. The average Bonchev–Trinajstić information content (AvgIpc) is 2.56. The van der Waals surface area contributed by atoms with Gasteiger partial charge in [0.15, 0.2) is 5.11 Å². The van der Waals surface area contributed by atoms with Gasteiger partial charge in [-0.2, -0.15) is 0 Å². The van der Waals surface area contributed by atoms with Crippen molar-refractivity contribution < 1.29 is 19.4 Å². The molecule has 0 aliphatic heterocycles. The third kappa shape index (κ3) is 4.85. The molecule has 0 heterocycles. The number of nitrogens with one attached hydrogen (secondary N) is 2. The van der Waals surface area contributed by atoms with E-state index in [1.807, 2.05) is 0 Å². The molecule has 136 valence electrons. The highest BCUT2D eigenvalue weighted by Gasteiger charge is 2.17. The first kappa shape index (κ1) is 20.4. The van der Waals surface area contributed by atoms with Crippen molar-refractivity contribution in [2.45, 2.75) is 0 Å². The van der Waals surface area contributed by atoms with E-state index in [-0.39, 0.29) is 26.4 Å². The summed E-state index contributed by atoms with van der Waals surface area (Å²) < 4.78 is 5.70. The standard InChI is InChI=1S/C16H11BrCl2N2O4S/c1-25-12-3-2-7(4-10(12)17)14(22)21-16(26)20-13-9(15(23)24)5-8(18)6-11(13)19/h2-6H,1H3,(H,23,24)(H2,20,21,22,26). The second-order valence-corrected chi connectivity index (χ2v) is 6.98. The fraction of sp³-hybridized carbons (Fsp3) is 0.0625. The number of aromatic carboxylic acids is 1. The van der Waals surface area contributed by atoms with Crippen LogP contribution in [0, 0.1) is 0 Å². The van der Waals surface area contributed by atoms with E-state index in [0.717, 1.165) is 0 Å². The maximum atomic E-state index is 12.3. The van der Waals surface area contributed by atoms with Crippen LogP contribution in [0.2, 0.25) is 10.0 Å². The predicted molar refractivity (Wildman–Crippen MR) is 108 cm³/mol. The zero-order chi connectivity index (χ0) is 19.4. The molecule has 6 nitrogen and oxygen atoms in total. The molecule has 0 saturated carbocycles. The van der Waals surface area contributed by atoms with Gasteiger partial charge >= 0.3 is 5.97 Å². The van der Waals surface area contributed by atoms with Gasteiger partial charge in [0.2, 0.25) is 0 Å². The minimum absolute atomic E-state index is 0.0322. The molecule has 0 unspecified atom stereocenters. The summed E-state index contributed by atoms with van der Waals surface area (Å²) in [5.41, 5.74) is 0.179. The Hall–Kier alpha value is -1.87. The third-order valence-electron chi connectivity index (χ3n) is 3.16. The molecular weight excluding hydrogens is 467 g/mol. The zero-order valence-corrected chi connectivity index (χ0v) is 17.0. The van der Waals surface area contributed by atoms with E-state index < -0.39 is 11.9 Å². The molecule has 2 aromatic carbocycles. The fourth-order valence-electron chi connectivity index (χ4n) is 2.00. The van der Waals surface area contributed by atoms with Gasteiger partial charge in [-0.25, -0.2) is 4.79 Å². The molecule has 0 saturated heterocycles. The number of carbonyl (C=O) groups is 2. The fourth-order valence-corrected chi connectivity index (χ4v) is 3.27. The molecule has 0 atom stereocenters. The summed E-state index contributed by atoms with van der Waals surface area (Å²) in [6.45, 7) is 0. The number of rotatable bonds is 4. The number of carbonyl (C=O) groups excluding carboxylic acids is 1. The number of ether oxygens (including phenoxy) is 1. The number of methoxy groups -OCH3 is 1. The van der Waals surface area contributed by atoms with Crippen LogP contribution in [0.4, 0.5) is 5.69 Å². The monoisotopic (exact) mass is 476 g/mol. The molecule has 1 amide bonds. The van der Waals surface area contributed by atoms with Crippen LogP contribution in [-0.4, -0.2) is 29.2 Å². The summed E-state index contributed by atoms with van der Waals surface area (Å²) in [6, 6.07) is 7.33. The topological polar surface area (TPSA) is 87.7 Å². The van der Waals surface area contributed by atoms with Crippen LogP contribution >= 0.6 is 51.3 Å². The molecule has 0 aliphatic rings. The normalized spacial score (nSPS) is 10.2. The van der Waals surface area contributed by atoms with Crippen LogP contribution in [-0.2, 0) is 0 Å². The number of halogens is 3. The maximum absolute atomic E-state index is 12.3. The molecule has 0 spiro atoms. The minimum atomic E-state index is -1.25. The number of carboxylic acid groups (broad SMARTS) is 1. The Morgan fingerprint density at radius 3 is 2.50 bits per heavy atom. The number of anilines is 1. The summed E-state index contributed by atoms with van der Waals surface area (Å²) in [5.74, 6) is -1.17. The van der Waals surface area contributed by atoms with E-state index in [4.69, 9.17) is 40.2 Å². The SMILES string of the molecule is COc1ccc(C(=O)NC(=S)Nc2c(Cl)cc(Cl)cc2C(=O)O)cc1Br. The van der Waals surface area contributed by atoms with Crippen molar-refractivity contribution in [3.63, 3.8) is 0 Å². The molecule has 3 N–H and O–H groups in total. The molecule has 0 radical (unpaired) electrons.